The molecule has 3 aromatic heterocycles. The summed E-state index contributed by atoms with van der Waals surface area (Å²) in [6, 6.07) is 63.8. The van der Waals surface area contributed by atoms with E-state index in [-0.39, 0.29) is 0 Å². The number of aromatic nitrogens is 2. The molecule has 0 saturated carbocycles. The third kappa shape index (κ3) is 5.82. The van der Waals surface area contributed by atoms with E-state index in [1.807, 2.05) is 36.4 Å². The molecule has 0 unspecified atom stereocenters. The van der Waals surface area contributed by atoms with E-state index in [9.17, 15) is 0 Å². The highest BCUT2D eigenvalue weighted by Crippen LogP contribution is 2.42. The minimum Gasteiger partial charge on any atom is -0.456 e. The lowest BCUT2D eigenvalue weighted by atomic mass is 9.94. The Hall–Kier alpha value is -8.68. The van der Waals surface area contributed by atoms with Crippen LogP contribution in [0.25, 0.3) is 88.0 Å². The van der Waals surface area contributed by atoms with E-state index in [4.69, 9.17) is 14.4 Å². The van der Waals surface area contributed by atoms with Crippen molar-refractivity contribution in [1.29, 1.82) is 0 Å². The number of fused-ring (bicyclic) bond motifs is 3. The van der Waals surface area contributed by atoms with Gasteiger partial charge in [-0.2, -0.15) is 0 Å². The molecule has 0 atom stereocenters. The Bertz CT molecular complexity index is 3460. The van der Waals surface area contributed by atoms with Crippen molar-refractivity contribution in [1.82, 2.24) is 9.97 Å². The smallest absolute Gasteiger partial charge is 0.154 e. The molecule has 294 valence electrons. The normalized spacial score (nSPS) is 14.0. The number of benzene rings is 8. The number of anilines is 2. The standard InChI is InChI=1S/C56H34N6O/c1-3-29-57-51(11-1)61-55-45-9-5-7-43-39(25-27-47(59-55)53(43)45)35-17-13-33(14-18-35)37-21-23-41-42-24-22-38(32-50(42)63-49(41)31-37)34-15-19-36(20-16-34)40-26-28-48-54-44(40)8-6-10-46(54)56(60-48)62-52-12-2-4-30-58-52/h1-32H,(H,57,59,61)(H,58,60,62). The van der Waals surface area contributed by atoms with E-state index in [1.54, 1.807) is 12.4 Å². The third-order valence-electron chi connectivity index (χ3n) is 12.4. The number of nitrogens with zero attached hydrogens (tertiary/aromatic N) is 4. The zero-order chi connectivity index (χ0) is 41.4. The number of rotatable bonds is 6. The SMILES string of the molecule is c1ccc(/N=C2\Nc3ccc(-c4ccc(-c5ccc6c(c5)oc5cc(-c7ccc(-c8ccc9c%10c(cccc8%10)/C(=N/c8ccccn8)N9)cc7)ccc56)cc4)c4cccc2c34)nc1. The van der Waals surface area contributed by atoms with Gasteiger partial charge in [0.2, 0.25) is 0 Å². The van der Waals surface area contributed by atoms with Crippen LogP contribution in [0.3, 0.4) is 0 Å². The summed E-state index contributed by atoms with van der Waals surface area (Å²) in [6.07, 6.45) is 3.53. The van der Waals surface area contributed by atoms with Gasteiger partial charge >= 0.3 is 0 Å². The molecule has 7 heteroatoms. The summed E-state index contributed by atoms with van der Waals surface area (Å²) in [5.41, 5.74) is 15.2. The third-order valence-corrected chi connectivity index (χ3v) is 12.4. The van der Waals surface area contributed by atoms with Crippen LogP contribution in [0.15, 0.2) is 209 Å². The van der Waals surface area contributed by atoms with Crippen molar-refractivity contribution in [3.63, 3.8) is 0 Å². The molecule has 0 spiro atoms. The van der Waals surface area contributed by atoms with Crippen LogP contribution in [-0.4, -0.2) is 21.6 Å². The number of hydrogen-bond donors (Lipinski definition) is 2. The van der Waals surface area contributed by atoms with Gasteiger partial charge in [0.25, 0.3) is 0 Å². The number of furan rings is 1. The first-order valence-electron chi connectivity index (χ1n) is 21.0. The van der Waals surface area contributed by atoms with Gasteiger partial charge in [-0.1, -0.05) is 121 Å². The zero-order valence-electron chi connectivity index (χ0n) is 33.7. The van der Waals surface area contributed by atoms with Crippen LogP contribution in [0.4, 0.5) is 23.0 Å². The van der Waals surface area contributed by atoms with Crippen LogP contribution in [0.5, 0.6) is 0 Å². The first-order chi connectivity index (χ1) is 31.2. The second kappa shape index (κ2) is 13.9. The monoisotopic (exact) mass is 806 g/mol. The molecule has 0 saturated heterocycles. The lowest BCUT2D eigenvalue weighted by Gasteiger charge is -2.10. The molecule has 5 heterocycles. The second-order valence-corrected chi connectivity index (χ2v) is 16.0. The summed E-state index contributed by atoms with van der Waals surface area (Å²) in [5, 5.41) is 14.0. The van der Waals surface area contributed by atoms with E-state index in [0.717, 1.165) is 89.5 Å². The fourth-order valence-corrected chi connectivity index (χ4v) is 9.38. The lowest BCUT2D eigenvalue weighted by Crippen LogP contribution is -2.06. The van der Waals surface area contributed by atoms with Crippen molar-refractivity contribution >= 4 is 78.2 Å². The van der Waals surface area contributed by atoms with Crippen molar-refractivity contribution in [2.24, 2.45) is 9.98 Å². The topological polar surface area (TPSA) is 87.7 Å². The fraction of sp³-hybridized carbons (Fsp3) is 0. The van der Waals surface area contributed by atoms with Crippen molar-refractivity contribution in [2.75, 3.05) is 10.6 Å². The molecule has 63 heavy (non-hydrogen) atoms. The van der Waals surface area contributed by atoms with E-state index >= 15 is 0 Å². The maximum atomic E-state index is 6.57. The van der Waals surface area contributed by atoms with Crippen LogP contribution >= 0.6 is 0 Å². The predicted molar refractivity (Wildman–Crippen MR) is 259 cm³/mol. The minimum absolute atomic E-state index is 0.681. The summed E-state index contributed by atoms with van der Waals surface area (Å²) in [6.45, 7) is 0. The summed E-state index contributed by atoms with van der Waals surface area (Å²) in [5.74, 6) is 3.00. The van der Waals surface area contributed by atoms with E-state index < -0.39 is 0 Å². The van der Waals surface area contributed by atoms with Crippen molar-refractivity contribution < 1.29 is 4.42 Å². The van der Waals surface area contributed by atoms with Crippen LogP contribution in [0.1, 0.15) is 11.1 Å². The molecule has 0 fully saturated rings. The summed E-state index contributed by atoms with van der Waals surface area (Å²) in [7, 11) is 0. The molecule has 2 aliphatic heterocycles. The molecule has 2 aliphatic rings. The van der Waals surface area contributed by atoms with Gasteiger partial charge in [-0.25, -0.2) is 20.0 Å². The first-order valence-corrected chi connectivity index (χ1v) is 21.0. The van der Waals surface area contributed by atoms with Crippen molar-refractivity contribution in [3.05, 3.63) is 206 Å². The van der Waals surface area contributed by atoms with Gasteiger partial charge < -0.3 is 15.1 Å². The fourth-order valence-electron chi connectivity index (χ4n) is 9.38. The van der Waals surface area contributed by atoms with Gasteiger partial charge in [0.1, 0.15) is 22.8 Å². The van der Waals surface area contributed by atoms with Crippen molar-refractivity contribution in [2.45, 2.75) is 0 Å². The highest BCUT2D eigenvalue weighted by atomic mass is 16.3. The van der Waals surface area contributed by atoms with Gasteiger partial charge in [-0.3, -0.25) is 0 Å². The molecule has 0 amide bonds. The molecule has 0 bridgehead atoms. The predicted octanol–water partition coefficient (Wildman–Crippen LogP) is 14.4. The summed E-state index contributed by atoms with van der Waals surface area (Å²) >= 11 is 0. The van der Waals surface area contributed by atoms with Gasteiger partial charge in [-0.15, -0.1) is 0 Å². The molecular formula is C56H34N6O. The van der Waals surface area contributed by atoms with Crippen LogP contribution in [0.2, 0.25) is 0 Å². The quantitative estimate of drug-likeness (QED) is 0.175. The van der Waals surface area contributed by atoms with Crippen LogP contribution in [-0.2, 0) is 0 Å². The molecule has 11 aromatic rings. The van der Waals surface area contributed by atoms with Crippen molar-refractivity contribution in [3.8, 4) is 44.5 Å². The number of nitrogens with one attached hydrogen (secondary N) is 2. The molecule has 8 aromatic carbocycles. The number of amidine groups is 2. The highest BCUT2D eigenvalue weighted by Gasteiger charge is 2.23. The highest BCUT2D eigenvalue weighted by molar-refractivity contribution is 6.29. The Morgan fingerprint density at radius 3 is 1.24 bits per heavy atom. The zero-order valence-corrected chi connectivity index (χ0v) is 33.7. The average Bonchev–Trinajstić information content (AvgIpc) is 4.02. The van der Waals surface area contributed by atoms with Gasteiger partial charge in [-0.05, 0) is 116 Å². The van der Waals surface area contributed by atoms with Gasteiger partial charge in [0.05, 0.1) is 0 Å². The number of pyridine rings is 2. The van der Waals surface area contributed by atoms with Gasteiger partial charge in [0, 0.05) is 56.4 Å². The van der Waals surface area contributed by atoms with Crippen LogP contribution < -0.4 is 10.6 Å². The molecule has 0 radical (unpaired) electrons. The molecule has 7 nitrogen and oxygen atoms in total. The maximum Gasteiger partial charge on any atom is 0.154 e. The largest absolute Gasteiger partial charge is 0.456 e. The molecular weight excluding hydrogens is 773 g/mol. The Labute approximate surface area is 361 Å². The van der Waals surface area contributed by atoms with E-state index in [1.165, 1.54) is 32.7 Å². The summed E-state index contributed by atoms with van der Waals surface area (Å²) < 4.78 is 6.57. The maximum absolute atomic E-state index is 6.57. The second-order valence-electron chi connectivity index (χ2n) is 16.0. The Morgan fingerprint density at radius 2 is 0.794 bits per heavy atom. The Kier molecular flexibility index (Phi) is 7.77. The lowest BCUT2D eigenvalue weighted by molar-refractivity contribution is 0.669. The average molecular weight is 807 g/mol. The Morgan fingerprint density at radius 1 is 0.349 bits per heavy atom. The summed E-state index contributed by atoms with van der Waals surface area (Å²) in [4.78, 5) is 18.4. The van der Waals surface area contributed by atoms with E-state index in [0.29, 0.717) is 11.6 Å². The molecule has 13 rings (SSSR count). The van der Waals surface area contributed by atoms with E-state index in [2.05, 4.69) is 166 Å². The number of aliphatic imine (C=N–C) groups is 2. The minimum atomic E-state index is 0.681. The first kappa shape index (κ1) is 35.1. The van der Waals surface area contributed by atoms with Crippen LogP contribution in [0, 0.1) is 0 Å². The van der Waals surface area contributed by atoms with Gasteiger partial charge in [0.15, 0.2) is 11.6 Å². The molecule has 2 N–H and O–H groups in total. The molecule has 0 aliphatic carbocycles. The Balaban J connectivity index is 0.774. The number of hydrogen-bond acceptors (Lipinski definition) is 5.